The molecule has 75 heavy (non-hydrogen) atoms. The van der Waals surface area contributed by atoms with Crippen LogP contribution in [-0.2, 0) is 0 Å². The lowest BCUT2D eigenvalue weighted by Crippen LogP contribution is -2.17. The summed E-state index contributed by atoms with van der Waals surface area (Å²) in [4.78, 5) is 5.00. The van der Waals surface area contributed by atoms with Gasteiger partial charge in [0.25, 0.3) is 0 Å². The third-order valence-corrected chi connectivity index (χ3v) is 16.5. The lowest BCUT2D eigenvalue weighted by molar-refractivity contribution is 1.23. The molecule has 0 saturated carbocycles. The van der Waals surface area contributed by atoms with Crippen molar-refractivity contribution in [3.05, 3.63) is 279 Å². The summed E-state index contributed by atoms with van der Waals surface area (Å²) in [5.41, 5.74) is 13.6. The topological polar surface area (TPSA) is 6.48 Å². The molecule has 0 atom stereocenters. The Labute approximate surface area is 439 Å². The summed E-state index contributed by atoms with van der Waals surface area (Å²) in [6, 6.07) is 104. The Morgan fingerprint density at radius 1 is 0.267 bits per heavy atom. The predicted molar refractivity (Wildman–Crippen MR) is 324 cm³/mol. The molecule has 1 aliphatic heterocycles. The Kier molecular flexibility index (Phi) is 10.1. The van der Waals surface area contributed by atoms with Crippen LogP contribution in [0.4, 0.5) is 34.1 Å². The van der Waals surface area contributed by atoms with E-state index < -0.39 is 0 Å². The summed E-state index contributed by atoms with van der Waals surface area (Å²) < 4.78 is 2.58. The zero-order chi connectivity index (χ0) is 49.4. The van der Waals surface area contributed by atoms with Gasteiger partial charge in [-0.15, -0.1) is 11.3 Å². The Bertz CT molecular complexity index is 4670. The minimum Gasteiger partial charge on any atom is -0.308 e. The monoisotopic (exact) mass is 970 g/mol. The SMILES string of the molecule is c1ccc(-c2cccc(N(c3ccc4c(c3)c3ccccc3c3ccccc3c3ccccc3c3cc5sc6ccccc6c5cc43)c3cccc4c3N(c3ccccc3)c3ccccc3-c3ccccc3-4)c2)cc1. The molecule has 1 aromatic heterocycles. The smallest absolute Gasteiger partial charge is 0.0781 e. The van der Waals surface area contributed by atoms with Crippen LogP contribution < -0.4 is 9.80 Å². The maximum Gasteiger partial charge on any atom is 0.0781 e. The number of rotatable bonds is 5. The Balaban J connectivity index is 1.12. The summed E-state index contributed by atoms with van der Waals surface area (Å²) >= 11 is 1.88. The van der Waals surface area contributed by atoms with Crippen LogP contribution in [0.15, 0.2) is 279 Å². The zero-order valence-corrected chi connectivity index (χ0v) is 41.7. The van der Waals surface area contributed by atoms with Crippen LogP contribution in [0.3, 0.4) is 0 Å². The predicted octanol–water partition coefficient (Wildman–Crippen LogP) is 21.2. The van der Waals surface area contributed by atoms with Crippen molar-refractivity contribution in [2.45, 2.75) is 0 Å². The van der Waals surface area contributed by atoms with E-state index in [0.717, 1.165) is 45.3 Å². The van der Waals surface area contributed by atoms with Gasteiger partial charge in [-0.2, -0.15) is 0 Å². The van der Waals surface area contributed by atoms with Gasteiger partial charge >= 0.3 is 0 Å². The highest BCUT2D eigenvalue weighted by molar-refractivity contribution is 7.25. The highest BCUT2D eigenvalue weighted by Gasteiger charge is 2.31. The van der Waals surface area contributed by atoms with Crippen LogP contribution in [0.2, 0.25) is 0 Å². The molecule has 3 heteroatoms. The van der Waals surface area contributed by atoms with Crippen molar-refractivity contribution in [1.29, 1.82) is 0 Å². The van der Waals surface area contributed by atoms with Crippen LogP contribution in [0.1, 0.15) is 0 Å². The second-order valence-corrected chi connectivity index (χ2v) is 20.6. The molecule has 1 aliphatic rings. The maximum atomic E-state index is 2.51. The number of anilines is 6. The second-order valence-electron chi connectivity index (χ2n) is 19.5. The van der Waals surface area contributed by atoms with Gasteiger partial charge in [0.05, 0.1) is 17.1 Å². The van der Waals surface area contributed by atoms with Crippen LogP contribution in [0.5, 0.6) is 0 Å². The molecule has 2 nitrogen and oxygen atoms in total. The molecule has 0 N–H and O–H groups in total. The Morgan fingerprint density at radius 2 is 0.747 bits per heavy atom. The minimum absolute atomic E-state index is 1.05. The molecule has 0 aliphatic carbocycles. The number of fused-ring (bicyclic) bond motifs is 18. The largest absolute Gasteiger partial charge is 0.308 e. The van der Waals surface area contributed by atoms with Crippen LogP contribution in [0, 0.1) is 0 Å². The number of hydrogen-bond donors (Lipinski definition) is 0. The first-order valence-corrected chi connectivity index (χ1v) is 26.6. The number of thiophene rings is 1. The summed E-state index contributed by atoms with van der Waals surface area (Å²) in [7, 11) is 0. The molecule has 0 amide bonds. The van der Waals surface area contributed by atoms with Gasteiger partial charge in [0.15, 0.2) is 0 Å². The van der Waals surface area contributed by atoms with Crippen LogP contribution in [0.25, 0.3) is 107 Å². The van der Waals surface area contributed by atoms with Gasteiger partial charge in [-0.05, 0) is 143 Å². The molecule has 0 radical (unpaired) electrons. The fraction of sp³-hybridized carbons (Fsp3) is 0. The van der Waals surface area contributed by atoms with Crippen LogP contribution in [-0.4, -0.2) is 0 Å². The van der Waals surface area contributed by atoms with Crippen molar-refractivity contribution in [2.24, 2.45) is 0 Å². The number of benzene rings is 12. The third kappa shape index (κ3) is 7.01. The third-order valence-electron chi connectivity index (χ3n) is 15.4. The van der Waals surface area contributed by atoms with Crippen molar-refractivity contribution in [3.8, 4) is 33.4 Å². The summed E-state index contributed by atoms with van der Waals surface area (Å²) in [6.45, 7) is 0. The zero-order valence-electron chi connectivity index (χ0n) is 40.9. The van der Waals surface area contributed by atoms with E-state index in [9.17, 15) is 0 Å². The van der Waals surface area contributed by atoms with Crippen molar-refractivity contribution in [1.82, 2.24) is 0 Å². The average Bonchev–Trinajstić information content (AvgIpc) is 3.85. The molecular formula is C72H46N2S. The summed E-state index contributed by atoms with van der Waals surface area (Å²) in [6.07, 6.45) is 0. The first kappa shape index (κ1) is 43.1. The first-order valence-electron chi connectivity index (χ1n) is 25.7. The van der Waals surface area contributed by atoms with Gasteiger partial charge in [-0.25, -0.2) is 0 Å². The molecule has 2 heterocycles. The fourth-order valence-electron chi connectivity index (χ4n) is 12.1. The fourth-order valence-corrected chi connectivity index (χ4v) is 13.2. The summed E-state index contributed by atoms with van der Waals surface area (Å²) in [5.74, 6) is 0. The first-order chi connectivity index (χ1) is 37.2. The Morgan fingerprint density at radius 3 is 1.44 bits per heavy atom. The molecular weight excluding hydrogens is 925 g/mol. The molecule has 15 rings (SSSR count). The van der Waals surface area contributed by atoms with Gasteiger partial charge in [0.2, 0.25) is 0 Å². The maximum absolute atomic E-state index is 2.51. The van der Waals surface area contributed by atoms with E-state index in [2.05, 4.69) is 289 Å². The highest BCUT2D eigenvalue weighted by atomic mass is 32.1. The van der Waals surface area contributed by atoms with Gasteiger partial charge in [0, 0.05) is 48.4 Å². The number of nitrogens with zero attached hydrogens (tertiary/aromatic N) is 2. The quantitative estimate of drug-likeness (QED) is 0.170. The minimum atomic E-state index is 1.05. The summed E-state index contributed by atoms with van der Waals surface area (Å²) in [5, 5.41) is 14.6. The van der Waals surface area contributed by atoms with E-state index in [1.165, 1.54) is 96.3 Å². The van der Waals surface area contributed by atoms with Gasteiger partial charge < -0.3 is 9.80 Å². The van der Waals surface area contributed by atoms with E-state index in [0.29, 0.717) is 0 Å². The number of hydrogen-bond acceptors (Lipinski definition) is 3. The van der Waals surface area contributed by atoms with E-state index in [1.807, 2.05) is 11.3 Å². The van der Waals surface area contributed by atoms with Crippen molar-refractivity contribution in [2.75, 3.05) is 9.80 Å². The normalized spacial score (nSPS) is 12.0. The van der Waals surface area contributed by atoms with Crippen molar-refractivity contribution >= 4 is 119 Å². The lowest BCUT2D eigenvalue weighted by Gasteiger charge is -2.34. The van der Waals surface area contributed by atoms with E-state index in [4.69, 9.17) is 0 Å². The second kappa shape index (κ2) is 17.6. The van der Waals surface area contributed by atoms with Gasteiger partial charge in [-0.3, -0.25) is 0 Å². The molecule has 0 bridgehead atoms. The molecule has 14 aromatic rings. The molecule has 0 fully saturated rings. The van der Waals surface area contributed by atoms with Crippen molar-refractivity contribution < 1.29 is 0 Å². The standard InChI is InChI=1S/C72H46N2S/c1-3-21-47(22-4-1)48-23-19-26-50(43-48)73(69-39-20-37-63-57-32-12-11-31-56(57)61-35-15-17-38-68(61)74(72(63)69)49-24-5-2-6-25-49)51-41-42-60-64(44-51)58-33-13-9-29-54(58)52-27-7-8-28-53(52)55-30-10-14-34-59(55)66-46-71-67(45-65(60)66)62-36-16-18-40-70(62)75-71/h1-46H. The van der Waals surface area contributed by atoms with Crippen molar-refractivity contribution in [3.63, 3.8) is 0 Å². The van der Waals surface area contributed by atoms with E-state index >= 15 is 0 Å². The lowest BCUT2D eigenvalue weighted by atomic mass is 9.93. The average molecular weight is 971 g/mol. The number of para-hydroxylation sites is 3. The van der Waals surface area contributed by atoms with Gasteiger partial charge in [-0.1, -0.05) is 212 Å². The molecule has 0 spiro atoms. The van der Waals surface area contributed by atoms with Gasteiger partial charge in [0.1, 0.15) is 0 Å². The van der Waals surface area contributed by atoms with E-state index in [1.54, 1.807) is 0 Å². The molecule has 0 unspecified atom stereocenters. The van der Waals surface area contributed by atoms with E-state index in [-0.39, 0.29) is 0 Å². The Hall–Kier alpha value is -9.54. The van der Waals surface area contributed by atoms with Crippen LogP contribution >= 0.6 is 11.3 Å². The highest BCUT2D eigenvalue weighted by Crippen LogP contribution is 2.56. The molecule has 13 aromatic carbocycles. The molecule has 0 saturated heterocycles. The molecule has 350 valence electrons.